The van der Waals surface area contributed by atoms with Crippen molar-refractivity contribution in [2.45, 2.75) is 4.90 Å². The molecule has 2 rings (SSSR count). The normalized spacial score (nSPS) is 17.4. The average molecular weight is 382 g/mol. The molecular weight excluding hydrogens is 361 g/mol. The van der Waals surface area contributed by atoms with E-state index in [2.05, 4.69) is 21.6 Å². The summed E-state index contributed by atoms with van der Waals surface area (Å²) in [5.74, 6) is 0.341. The van der Waals surface area contributed by atoms with Gasteiger partial charge in [0.15, 0.2) is 0 Å². The highest BCUT2D eigenvalue weighted by atomic mass is 35.5. The Morgan fingerprint density at radius 1 is 1.17 bits per heavy atom. The summed E-state index contributed by atoms with van der Waals surface area (Å²) in [7, 11) is -0.186. The number of nitrogens with one attached hydrogen (secondary N) is 1. The van der Waals surface area contributed by atoms with Crippen LogP contribution in [0.25, 0.3) is 0 Å². The van der Waals surface area contributed by atoms with Crippen molar-refractivity contribution in [1.29, 1.82) is 0 Å². The smallest absolute Gasteiger partial charge is 0.242 e. The van der Waals surface area contributed by atoms with Crippen LogP contribution in [0.2, 0.25) is 10.0 Å². The fourth-order valence-electron chi connectivity index (χ4n) is 2.36. The highest BCUT2D eigenvalue weighted by molar-refractivity contribution is 7.89. The van der Waals surface area contributed by atoms with Gasteiger partial charge >= 0.3 is 0 Å². The first-order valence-electron chi connectivity index (χ1n) is 7.27. The molecule has 1 heterocycles. The van der Waals surface area contributed by atoms with Crippen molar-refractivity contribution in [3.8, 4) is 5.75 Å². The van der Waals surface area contributed by atoms with E-state index in [9.17, 15) is 8.42 Å². The van der Waals surface area contributed by atoms with E-state index in [4.69, 9.17) is 27.9 Å². The zero-order valence-corrected chi connectivity index (χ0v) is 15.5. The molecule has 6 nitrogen and oxygen atoms in total. The van der Waals surface area contributed by atoms with E-state index in [1.807, 2.05) is 0 Å². The summed E-state index contributed by atoms with van der Waals surface area (Å²) >= 11 is 12.0. The fraction of sp³-hybridized carbons (Fsp3) is 0.571. The molecule has 130 valence electrons. The summed E-state index contributed by atoms with van der Waals surface area (Å²) in [5, 5.41) is 0.287. The Balaban J connectivity index is 1.98. The predicted molar refractivity (Wildman–Crippen MR) is 92.1 cm³/mol. The first-order valence-corrected chi connectivity index (χ1v) is 9.51. The van der Waals surface area contributed by atoms with Gasteiger partial charge < -0.3 is 9.64 Å². The van der Waals surface area contributed by atoms with E-state index in [0.717, 1.165) is 26.2 Å². The summed E-state index contributed by atoms with van der Waals surface area (Å²) in [4.78, 5) is 4.44. The van der Waals surface area contributed by atoms with Crippen LogP contribution in [-0.4, -0.2) is 71.6 Å². The number of sulfonamides is 1. The van der Waals surface area contributed by atoms with E-state index in [1.54, 1.807) is 0 Å². The monoisotopic (exact) mass is 381 g/mol. The topological polar surface area (TPSA) is 61.9 Å². The molecule has 23 heavy (non-hydrogen) atoms. The lowest BCUT2D eigenvalue weighted by molar-refractivity contribution is 0.156. The molecule has 1 fully saturated rings. The van der Waals surface area contributed by atoms with Gasteiger partial charge in [-0.15, -0.1) is 0 Å². The van der Waals surface area contributed by atoms with Crippen LogP contribution in [0, 0.1) is 0 Å². The summed E-state index contributed by atoms with van der Waals surface area (Å²) < 4.78 is 32.3. The van der Waals surface area contributed by atoms with Crippen LogP contribution >= 0.6 is 23.2 Å². The summed E-state index contributed by atoms with van der Waals surface area (Å²) in [6, 6.07) is 2.71. The fourth-order valence-corrected chi connectivity index (χ4v) is 4.23. The first-order chi connectivity index (χ1) is 10.8. The van der Waals surface area contributed by atoms with Crippen LogP contribution in [-0.2, 0) is 10.0 Å². The van der Waals surface area contributed by atoms with Crippen molar-refractivity contribution in [2.75, 3.05) is 53.4 Å². The van der Waals surface area contributed by atoms with Gasteiger partial charge in [-0.05, 0) is 13.1 Å². The molecule has 0 bridgehead atoms. The predicted octanol–water partition coefficient (Wildman–Crippen LogP) is 1.53. The molecule has 0 radical (unpaired) electrons. The Bertz CT molecular complexity index is 647. The zero-order chi connectivity index (χ0) is 17.0. The van der Waals surface area contributed by atoms with Crippen LogP contribution in [0.5, 0.6) is 5.75 Å². The Morgan fingerprint density at radius 3 is 2.43 bits per heavy atom. The van der Waals surface area contributed by atoms with Gasteiger partial charge in [0.2, 0.25) is 10.0 Å². The highest BCUT2D eigenvalue weighted by Gasteiger charge is 2.21. The van der Waals surface area contributed by atoms with Crippen molar-refractivity contribution in [2.24, 2.45) is 0 Å². The van der Waals surface area contributed by atoms with Gasteiger partial charge in [-0.3, -0.25) is 4.90 Å². The second-order valence-corrected chi connectivity index (χ2v) is 8.01. The third-order valence-corrected chi connectivity index (χ3v) is 6.03. The molecule has 0 unspecified atom stereocenters. The minimum Gasteiger partial charge on any atom is -0.495 e. The number of hydrogen-bond acceptors (Lipinski definition) is 5. The quantitative estimate of drug-likeness (QED) is 0.809. The third kappa shape index (κ3) is 4.95. The number of likely N-dealkylation sites (N-methyl/N-ethyl adjacent to an activating group) is 1. The molecule has 0 aliphatic carbocycles. The number of piperazine rings is 1. The van der Waals surface area contributed by atoms with Crippen molar-refractivity contribution in [3.05, 3.63) is 22.2 Å². The highest BCUT2D eigenvalue weighted by Crippen LogP contribution is 2.33. The molecule has 1 aromatic carbocycles. The third-order valence-electron chi connectivity index (χ3n) is 3.81. The van der Waals surface area contributed by atoms with Gasteiger partial charge in [0.1, 0.15) is 10.6 Å². The lowest BCUT2D eigenvalue weighted by Crippen LogP contribution is -2.46. The molecule has 0 saturated carbocycles. The average Bonchev–Trinajstić information content (AvgIpc) is 2.51. The Labute approximate surface area is 147 Å². The molecule has 1 aliphatic rings. The van der Waals surface area contributed by atoms with Gasteiger partial charge in [-0.2, -0.15) is 0 Å². The van der Waals surface area contributed by atoms with Crippen molar-refractivity contribution < 1.29 is 13.2 Å². The molecule has 0 spiro atoms. The number of rotatable bonds is 6. The number of benzene rings is 1. The summed E-state index contributed by atoms with van der Waals surface area (Å²) in [6.45, 7) is 4.85. The van der Waals surface area contributed by atoms with Crippen LogP contribution in [0.4, 0.5) is 0 Å². The van der Waals surface area contributed by atoms with E-state index in [0.29, 0.717) is 18.8 Å². The van der Waals surface area contributed by atoms with Gasteiger partial charge in [0, 0.05) is 45.3 Å². The summed E-state index contributed by atoms with van der Waals surface area (Å²) in [5.41, 5.74) is 0. The molecule has 9 heteroatoms. The van der Waals surface area contributed by atoms with Gasteiger partial charge in [-0.25, -0.2) is 13.1 Å². The van der Waals surface area contributed by atoms with Gasteiger partial charge in [0.05, 0.1) is 17.2 Å². The number of nitrogens with zero attached hydrogens (tertiary/aromatic N) is 2. The largest absolute Gasteiger partial charge is 0.495 e. The lowest BCUT2D eigenvalue weighted by Gasteiger charge is -2.32. The van der Waals surface area contributed by atoms with Crippen molar-refractivity contribution >= 4 is 33.2 Å². The second-order valence-electron chi connectivity index (χ2n) is 5.46. The number of halogens is 2. The molecule has 0 atom stereocenters. The minimum absolute atomic E-state index is 0.0386. The molecule has 1 aliphatic heterocycles. The van der Waals surface area contributed by atoms with Crippen LogP contribution in [0.15, 0.2) is 17.0 Å². The maximum atomic E-state index is 12.4. The zero-order valence-electron chi connectivity index (χ0n) is 13.2. The standard InChI is InChI=1S/C14H21Cl2N3O3S/c1-18-5-7-19(8-6-18)4-3-17-23(20,21)14-10-11(15)13(22-2)9-12(14)16/h9-10,17H,3-8H2,1-2H3. The Kier molecular flexibility index (Phi) is 6.53. The summed E-state index contributed by atoms with van der Waals surface area (Å²) in [6.07, 6.45) is 0. The maximum Gasteiger partial charge on any atom is 0.242 e. The number of ether oxygens (including phenoxy) is 1. The van der Waals surface area contributed by atoms with E-state index in [1.165, 1.54) is 19.2 Å². The molecule has 1 saturated heterocycles. The first kappa shape index (κ1) is 18.8. The lowest BCUT2D eigenvalue weighted by atomic mass is 10.3. The van der Waals surface area contributed by atoms with Crippen LogP contribution in [0.3, 0.4) is 0 Å². The second kappa shape index (κ2) is 8.00. The van der Waals surface area contributed by atoms with Gasteiger partial charge in [0.25, 0.3) is 0 Å². The Hall–Kier alpha value is -0.570. The molecule has 0 amide bonds. The van der Waals surface area contributed by atoms with Crippen LogP contribution < -0.4 is 9.46 Å². The van der Waals surface area contributed by atoms with E-state index < -0.39 is 10.0 Å². The molecule has 1 N–H and O–H groups in total. The number of hydrogen-bond donors (Lipinski definition) is 1. The molecular formula is C14H21Cl2N3O3S. The molecule has 1 aromatic rings. The Morgan fingerprint density at radius 2 is 1.83 bits per heavy atom. The van der Waals surface area contributed by atoms with Crippen molar-refractivity contribution in [3.63, 3.8) is 0 Å². The van der Waals surface area contributed by atoms with E-state index >= 15 is 0 Å². The van der Waals surface area contributed by atoms with Crippen LogP contribution in [0.1, 0.15) is 0 Å². The van der Waals surface area contributed by atoms with Gasteiger partial charge in [-0.1, -0.05) is 23.2 Å². The maximum absolute atomic E-state index is 12.4. The van der Waals surface area contributed by atoms with Crippen molar-refractivity contribution in [1.82, 2.24) is 14.5 Å². The van der Waals surface area contributed by atoms with E-state index in [-0.39, 0.29) is 14.9 Å². The minimum atomic E-state index is -3.71. The molecule has 0 aromatic heterocycles. The number of methoxy groups -OCH3 is 1. The SMILES string of the molecule is COc1cc(Cl)c(S(=O)(=O)NCCN2CCN(C)CC2)cc1Cl.